The molecule has 1 saturated carbocycles. The highest BCUT2D eigenvalue weighted by Crippen LogP contribution is 2.26. The lowest BCUT2D eigenvalue weighted by Crippen LogP contribution is -2.53. The predicted molar refractivity (Wildman–Crippen MR) is 159 cm³/mol. The average Bonchev–Trinajstić information content (AvgIpc) is 3.52. The number of alkyl carbamates (subject to hydrolysis) is 1. The number of amides is 3. The van der Waals surface area contributed by atoms with Crippen LogP contribution in [0.3, 0.4) is 0 Å². The van der Waals surface area contributed by atoms with Gasteiger partial charge in [0.25, 0.3) is 11.8 Å². The number of aryl methyl sites for hydroxylation is 1. The van der Waals surface area contributed by atoms with E-state index in [1.165, 1.54) is 11.3 Å². The van der Waals surface area contributed by atoms with Crippen LogP contribution >= 0.6 is 11.3 Å². The van der Waals surface area contributed by atoms with Crippen molar-refractivity contribution in [3.63, 3.8) is 0 Å². The summed E-state index contributed by atoms with van der Waals surface area (Å²) in [5, 5.41) is 10.6. The number of aromatic amines is 1. The summed E-state index contributed by atoms with van der Waals surface area (Å²) in [5.74, 6) is -0.342. The fourth-order valence-electron chi connectivity index (χ4n) is 5.49. The summed E-state index contributed by atoms with van der Waals surface area (Å²) in [6.45, 7) is 10.2. The lowest BCUT2D eigenvalue weighted by atomic mass is 9.90. The first-order valence-corrected chi connectivity index (χ1v) is 15.2. The molecule has 41 heavy (non-hydrogen) atoms. The van der Waals surface area contributed by atoms with Gasteiger partial charge in [-0.2, -0.15) is 0 Å². The number of aromatic nitrogens is 2. The molecule has 11 heteroatoms. The van der Waals surface area contributed by atoms with Crippen LogP contribution in [0.15, 0.2) is 24.3 Å². The van der Waals surface area contributed by atoms with Gasteiger partial charge >= 0.3 is 6.09 Å². The fourth-order valence-corrected chi connectivity index (χ4v) is 6.55. The van der Waals surface area contributed by atoms with E-state index in [1.807, 2.05) is 45.9 Å². The van der Waals surface area contributed by atoms with Crippen LogP contribution in [0.25, 0.3) is 10.9 Å². The number of hydrogen-bond donors (Lipinski definition) is 4. The summed E-state index contributed by atoms with van der Waals surface area (Å²) in [6, 6.07) is 7.65. The molecule has 0 saturated heterocycles. The number of carbonyl (C=O) groups is 3. The quantitative estimate of drug-likeness (QED) is 0.330. The van der Waals surface area contributed by atoms with Crippen LogP contribution in [0.2, 0.25) is 0 Å². The number of nitrogens with one attached hydrogen (secondary N) is 4. The Balaban J connectivity index is 1.15. The van der Waals surface area contributed by atoms with Gasteiger partial charge in [-0.05, 0) is 58.7 Å². The summed E-state index contributed by atoms with van der Waals surface area (Å²) in [4.78, 5) is 49.5. The molecule has 1 fully saturated rings. The number of benzene rings is 1. The van der Waals surface area contributed by atoms with Crippen molar-refractivity contribution in [3.8, 4) is 0 Å². The van der Waals surface area contributed by atoms with Gasteiger partial charge < -0.3 is 25.7 Å². The lowest BCUT2D eigenvalue weighted by molar-refractivity contribution is 0.0521. The van der Waals surface area contributed by atoms with E-state index < -0.39 is 11.7 Å². The highest BCUT2D eigenvalue weighted by atomic mass is 32.1. The molecule has 0 unspecified atom stereocenters. The molecule has 3 heterocycles. The van der Waals surface area contributed by atoms with Gasteiger partial charge in [-0.3, -0.25) is 14.5 Å². The zero-order chi connectivity index (χ0) is 29.1. The molecule has 0 radical (unpaired) electrons. The number of ether oxygens (including phenoxy) is 1. The van der Waals surface area contributed by atoms with Crippen molar-refractivity contribution >= 4 is 40.1 Å². The minimum absolute atomic E-state index is 0.143. The maximum atomic E-state index is 13.3. The van der Waals surface area contributed by atoms with E-state index in [1.54, 1.807) is 0 Å². The molecule has 3 aromatic rings. The monoisotopic (exact) mass is 580 g/mol. The molecule has 1 aliphatic heterocycles. The molecule has 3 amide bonds. The number of H-pyrrole nitrogens is 1. The first-order valence-electron chi connectivity index (χ1n) is 14.4. The van der Waals surface area contributed by atoms with E-state index in [-0.39, 0.29) is 23.9 Å². The zero-order valence-electron chi connectivity index (χ0n) is 24.3. The van der Waals surface area contributed by atoms with Crippen molar-refractivity contribution in [3.05, 3.63) is 51.1 Å². The van der Waals surface area contributed by atoms with Gasteiger partial charge in [0.1, 0.15) is 11.3 Å². The van der Waals surface area contributed by atoms with Crippen molar-refractivity contribution in [1.29, 1.82) is 0 Å². The summed E-state index contributed by atoms with van der Waals surface area (Å²) in [5.41, 5.74) is 3.05. The molecule has 0 spiro atoms. The minimum atomic E-state index is -0.524. The van der Waals surface area contributed by atoms with Crippen LogP contribution < -0.4 is 16.0 Å². The molecule has 5 rings (SSSR count). The molecule has 1 aliphatic carbocycles. The Labute approximate surface area is 244 Å². The SMILES string of the molecule is Cc1ccc2[nH]c(C(=O)N[C@H]3CCCC[C@H]3NC(=O)c3nc4c(s3)CN(CCNC(=O)OC(C)(C)C)CC4)cc2c1. The largest absolute Gasteiger partial charge is 0.444 e. The standard InChI is InChI=1S/C30H40N6O4S/c1-18-9-10-20-19(15-18)16-24(32-20)26(37)33-21-7-5-6-8-22(21)34-27(38)28-35-23-11-13-36(17-25(23)41-28)14-12-31-29(39)40-30(2,3)4/h9-10,15-16,21-22,32H,5-8,11-14,17H2,1-4H3,(H,31,39)(H,33,37)(H,34,38)/t21-,22+/m0/s1. The average molecular weight is 581 g/mol. The van der Waals surface area contributed by atoms with Crippen LogP contribution in [0, 0.1) is 6.92 Å². The van der Waals surface area contributed by atoms with Crippen LogP contribution in [0.4, 0.5) is 4.79 Å². The molecule has 2 atom stereocenters. The molecule has 2 aliphatic rings. The molecule has 4 N–H and O–H groups in total. The second-order valence-electron chi connectivity index (χ2n) is 12.1. The van der Waals surface area contributed by atoms with Gasteiger partial charge in [-0.1, -0.05) is 24.5 Å². The van der Waals surface area contributed by atoms with Crippen LogP contribution in [-0.4, -0.2) is 70.1 Å². The Kier molecular flexibility index (Phi) is 8.65. The number of nitrogens with zero attached hydrogens (tertiary/aromatic N) is 2. The molecule has 2 aromatic heterocycles. The van der Waals surface area contributed by atoms with Crippen molar-refractivity contribution in [2.75, 3.05) is 19.6 Å². The second kappa shape index (κ2) is 12.2. The number of carbonyl (C=O) groups excluding carboxylic acids is 3. The Morgan fingerprint density at radius 1 is 1.10 bits per heavy atom. The molecular formula is C30H40N6O4S. The van der Waals surface area contributed by atoms with Gasteiger partial charge in [0, 0.05) is 60.5 Å². The summed E-state index contributed by atoms with van der Waals surface area (Å²) in [6.07, 6.45) is 3.98. The van der Waals surface area contributed by atoms with Crippen molar-refractivity contribution in [2.24, 2.45) is 0 Å². The third-order valence-electron chi connectivity index (χ3n) is 7.52. The summed E-state index contributed by atoms with van der Waals surface area (Å²) >= 11 is 1.43. The van der Waals surface area contributed by atoms with Gasteiger partial charge in [-0.15, -0.1) is 11.3 Å². The highest BCUT2D eigenvalue weighted by molar-refractivity contribution is 7.13. The summed E-state index contributed by atoms with van der Waals surface area (Å²) in [7, 11) is 0. The Bertz CT molecular complexity index is 1420. The Morgan fingerprint density at radius 2 is 1.83 bits per heavy atom. The first kappa shape index (κ1) is 29.1. The third-order valence-corrected chi connectivity index (χ3v) is 8.60. The molecule has 1 aromatic carbocycles. The van der Waals surface area contributed by atoms with Crippen molar-refractivity contribution in [2.45, 2.75) is 84.0 Å². The van der Waals surface area contributed by atoms with E-state index in [0.717, 1.165) is 65.7 Å². The molecule has 0 bridgehead atoms. The topological polar surface area (TPSA) is 128 Å². The maximum Gasteiger partial charge on any atom is 0.407 e. The van der Waals surface area contributed by atoms with Gasteiger partial charge in [0.05, 0.1) is 5.69 Å². The van der Waals surface area contributed by atoms with E-state index in [9.17, 15) is 14.4 Å². The number of fused-ring (bicyclic) bond motifs is 2. The van der Waals surface area contributed by atoms with E-state index in [0.29, 0.717) is 30.3 Å². The van der Waals surface area contributed by atoms with E-state index in [4.69, 9.17) is 4.74 Å². The second-order valence-corrected chi connectivity index (χ2v) is 13.1. The van der Waals surface area contributed by atoms with Gasteiger partial charge in [-0.25, -0.2) is 9.78 Å². The van der Waals surface area contributed by atoms with Crippen LogP contribution in [0.5, 0.6) is 0 Å². The zero-order valence-corrected chi connectivity index (χ0v) is 25.1. The molecular weight excluding hydrogens is 540 g/mol. The normalized spacial score (nSPS) is 19.4. The fraction of sp³-hybridized carbons (Fsp3) is 0.533. The van der Waals surface area contributed by atoms with Crippen molar-refractivity contribution in [1.82, 2.24) is 30.8 Å². The maximum absolute atomic E-state index is 13.3. The Morgan fingerprint density at radius 3 is 2.56 bits per heavy atom. The van der Waals surface area contributed by atoms with Crippen molar-refractivity contribution < 1.29 is 19.1 Å². The summed E-state index contributed by atoms with van der Waals surface area (Å²) < 4.78 is 5.30. The molecule has 10 nitrogen and oxygen atoms in total. The smallest absolute Gasteiger partial charge is 0.407 e. The van der Waals surface area contributed by atoms with E-state index >= 15 is 0 Å². The lowest BCUT2D eigenvalue weighted by Gasteiger charge is -2.32. The van der Waals surface area contributed by atoms with Gasteiger partial charge in [0.15, 0.2) is 5.01 Å². The van der Waals surface area contributed by atoms with Gasteiger partial charge in [0.2, 0.25) is 0 Å². The van der Waals surface area contributed by atoms with Crippen LogP contribution in [-0.2, 0) is 17.7 Å². The molecule has 220 valence electrons. The Hall–Kier alpha value is -3.44. The highest BCUT2D eigenvalue weighted by Gasteiger charge is 2.30. The number of hydrogen-bond acceptors (Lipinski definition) is 7. The third kappa shape index (κ3) is 7.45. The predicted octanol–water partition coefficient (Wildman–Crippen LogP) is 4.29. The van der Waals surface area contributed by atoms with E-state index in [2.05, 4.69) is 36.9 Å². The minimum Gasteiger partial charge on any atom is -0.444 e. The number of thiazole rings is 1. The first-order chi connectivity index (χ1) is 19.5. The number of rotatable bonds is 7. The van der Waals surface area contributed by atoms with Crippen LogP contribution in [0.1, 0.15) is 82.9 Å².